The number of hydrogen-bond donors (Lipinski definition) is 2. The van der Waals surface area contributed by atoms with Crippen molar-refractivity contribution < 1.29 is 14.0 Å². The fourth-order valence-corrected chi connectivity index (χ4v) is 3.48. The lowest BCUT2D eigenvalue weighted by Crippen LogP contribution is -2.21. The van der Waals surface area contributed by atoms with Crippen LogP contribution in [0.2, 0.25) is 0 Å². The molecule has 0 saturated heterocycles. The van der Waals surface area contributed by atoms with Crippen molar-refractivity contribution in [1.29, 1.82) is 0 Å². The Morgan fingerprint density at radius 3 is 2.88 bits per heavy atom. The number of carbonyl (C=O) groups excluding carboxylic acids is 2. The van der Waals surface area contributed by atoms with Gasteiger partial charge >= 0.3 is 0 Å². The fraction of sp³-hybridized carbons (Fsp3) is 0.231. The molecule has 2 amide bonds. The van der Waals surface area contributed by atoms with E-state index < -0.39 is 0 Å². The highest BCUT2D eigenvalue weighted by molar-refractivity contribution is 7.99. The van der Waals surface area contributed by atoms with E-state index in [1.807, 2.05) is 5.38 Å². The SMILES string of the molecule is Cc1nnc(NC(=O)CSc2nnc(CNC(=O)c3cccs3)o2)s1. The summed E-state index contributed by atoms with van der Waals surface area (Å²) in [7, 11) is 0. The van der Waals surface area contributed by atoms with Crippen LogP contribution in [-0.2, 0) is 11.3 Å². The van der Waals surface area contributed by atoms with Crippen LogP contribution in [0.1, 0.15) is 20.6 Å². The van der Waals surface area contributed by atoms with Gasteiger partial charge in [0.15, 0.2) is 0 Å². The van der Waals surface area contributed by atoms with Crippen LogP contribution in [0.15, 0.2) is 27.2 Å². The molecule has 3 heterocycles. The van der Waals surface area contributed by atoms with Gasteiger partial charge in [-0.25, -0.2) is 0 Å². The number of anilines is 1. The zero-order valence-electron chi connectivity index (χ0n) is 12.9. The van der Waals surface area contributed by atoms with Crippen LogP contribution in [-0.4, -0.2) is 38.0 Å². The van der Waals surface area contributed by atoms with E-state index >= 15 is 0 Å². The standard InChI is InChI=1S/C13H12N6O3S3/c1-7-16-18-12(25-7)15-9(20)6-24-13-19-17-10(22-13)5-14-11(21)8-3-2-4-23-8/h2-4H,5-6H2,1H3,(H,14,21)(H,15,18,20). The molecule has 0 spiro atoms. The zero-order valence-corrected chi connectivity index (χ0v) is 15.3. The molecular weight excluding hydrogens is 384 g/mol. The van der Waals surface area contributed by atoms with Gasteiger partial charge in [-0.3, -0.25) is 14.9 Å². The Labute approximate surface area is 154 Å². The summed E-state index contributed by atoms with van der Waals surface area (Å²) in [5.74, 6) is -0.0736. The van der Waals surface area contributed by atoms with Crippen molar-refractivity contribution in [1.82, 2.24) is 25.7 Å². The molecule has 0 aliphatic heterocycles. The van der Waals surface area contributed by atoms with E-state index in [2.05, 4.69) is 31.0 Å². The maximum atomic E-state index is 11.8. The first-order valence-electron chi connectivity index (χ1n) is 6.97. The van der Waals surface area contributed by atoms with Gasteiger partial charge in [-0.1, -0.05) is 29.2 Å². The number of aryl methyl sites for hydroxylation is 1. The molecule has 2 N–H and O–H groups in total. The number of aromatic nitrogens is 4. The Morgan fingerprint density at radius 2 is 2.16 bits per heavy atom. The highest BCUT2D eigenvalue weighted by Crippen LogP contribution is 2.18. The van der Waals surface area contributed by atoms with Gasteiger partial charge in [0.2, 0.25) is 16.9 Å². The van der Waals surface area contributed by atoms with Gasteiger partial charge in [0, 0.05) is 0 Å². The molecule has 0 aliphatic carbocycles. The predicted molar refractivity (Wildman–Crippen MR) is 93.8 cm³/mol. The van der Waals surface area contributed by atoms with Gasteiger partial charge in [0.1, 0.15) is 5.01 Å². The number of thiophene rings is 1. The molecule has 12 heteroatoms. The summed E-state index contributed by atoms with van der Waals surface area (Å²) in [5.41, 5.74) is 0. The molecule has 9 nitrogen and oxygen atoms in total. The topological polar surface area (TPSA) is 123 Å². The molecule has 0 unspecified atom stereocenters. The van der Waals surface area contributed by atoms with E-state index in [0.717, 1.165) is 16.8 Å². The minimum absolute atomic E-state index is 0.0990. The third-order valence-corrected chi connectivity index (χ3v) is 5.13. The Hall–Kier alpha value is -2.31. The lowest BCUT2D eigenvalue weighted by atomic mass is 10.4. The third-order valence-electron chi connectivity index (χ3n) is 2.69. The molecule has 0 aliphatic rings. The Morgan fingerprint density at radius 1 is 1.28 bits per heavy atom. The largest absolute Gasteiger partial charge is 0.414 e. The highest BCUT2D eigenvalue weighted by atomic mass is 32.2. The molecule has 0 saturated carbocycles. The van der Waals surface area contributed by atoms with Crippen LogP contribution in [0.25, 0.3) is 0 Å². The van der Waals surface area contributed by atoms with Crippen LogP contribution in [0.4, 0.5) is 5.13 Å². The number of rotatable bonds is 7. The first-order chi connectivity index (χ1) is 12.1. The quantitative estimate of drug-likeness (QED) is 0.581. The molecule has 0 radical (unpaired) electrons. The van der Waals surface area contributed by atoms with Crippen molar-refractivity contribution in [2.24, 2.45) is 0 Å². The van der Waals surface area contributed by atoms with Crippen LogP contribution < -0.4 is 10.6 Å². The number of nitrogens with one attached hydrogen (secondary N) is 2. The molecule has 0 atom stereocenters. The van der Waals surface area contributed by atoms with Crippen molar-refractivity contribution in [2.45, 2.75) is 18.7 Å². The maximum absolute atomic E-state index is 11.8. The molecule has 0 bridgehead atoms. The lowest BCUT2D eigenvalue weighted by Gasteiger charge is -1.99. The van der Waals surface area contributed by atoms with Crippen molar-refractivity contribution in [3.8, 4) is 0 Å². The number of amides is 2. The van der Waals surface area contributed by atoms with E-state index in [0.29, 0.717) is 10.0 Å². The second-order valence-electron chi connectivity index (χ2n) is 4.58. The molecule has 130 valence electrons. The fourth-order valence-electron chi connectivity index (χ4n) is 1.65. The summed E-state index contributed by atoms with van der Waals surface area (Å²) < 4.78 is 5.38. The Kier molecular flexibility index (Phi) is 5.73. The Balaban J connectivity index is 1.43. The number of nitrogens with zero attached hydrogens (tertiary/aromatic N) is 4. The molecule has 3 rings (SSSR count). The minimum atomic E-state index is -0.244. The number of carbonyl (C=O) groups is 2. The molecule has 25 heavy (non-hydrogen) atoms. The zero-order chi connectivity index (χ0) is 17.6. The number of hydrogen-bond acceptors (Lipinski definition) is 10. The molecule has 3 aromatic heterocycles. The predicted octanol–water partition coefficient (Wildman–Crippen LogP) is 1.95. The first-order valence-corrected chi connectivity index (χ1v) is 9.65. The monoisotopic (exact) mass is 396 g/mol. The van der Waals surface area contributed by atoms with Crippen molar-refractivity contribution in [2.75, 3.05) is 11.1 Å². The second-order valence-corrected chi connectivity index (χ2v) is 7.64. The lowest BCUT2D eigenvalue weighted by molar-refractivity contribution is -0.113. The van der Waals surface area contributed by atoms with Gasteiger partial charge in [-0.2, -0.15) is 0 Å². The van der Waals surface area contributed by atoms with Gasteiger partial charge in [0.25, 0.3) is 11.1 Å². The summed E-state index contributed by atoms with van der Waals surface area (Å²) in [6.07, 6.45) is 0. The molecule has 0 aromatic carbocycles. The van der Waals surface area contributed by atoms with Crippen molar-refractivity contribution >= 4 is 51.4 Å². The van der Waals surface area contributed by atoms with E-state index in [1.165, 1.54) is 22.7 Å². The average molecular weight is 396 g/mol. The van der Waals surface area contributed by atoms with E-state index in [4.69, 9.17) is 4.42 Å². The van der Waals surface area contributed by atoms with Crippen LogP contribution in [0, 0.1) is 6.92 Å². The summed E-state index contributed by atoms with van der Waals surface area (Å²) in [6.45, 7) is 1.93. The van der Waals surface area contributed by atoms with E-state index in [-0.39, 0.29) is 35.2 Å². The summed E-state index contributed by atoms with van der Waals surface area (Å²) in [4.78, 5) is 24.2. The van der Waals surface area contributed by atoms with Gasteiger partial charge in [-0.15, -0.1) is 31.7 Å². The minimum Gasteiger partial charge on any atom is -0.414 e. The van der Waals surface area contributed by atoms with Crippen molar-refractivity contribution in [3.63, 3.8) is 0 Å². The van der Waals surface area contributed by atoms with Crippen LogP contribution >= 0.6 is 34.4 Å². The van der Waals surface area contributed by atoms with Gasteiger partial charge in [0.05, 0.1) is 17.2 Å². The second kappa shape index (κ2) is 8.18. The summed E-state index contributed by atoms with van der Waals surface area (Å²) >= 11 is 3.75. The van der Waals surface area contributed by atoms with Gasteiger partial charge in [-0.05, 0) is 18.4 Å². The summed E-state index contributed by atoms with van der Waals surface area (Å²) in [5, 5.41) is 23.9. The van der Waals surface area contributed by atoms with E-state index in [9.17, 15) is 9.59 Å². The molecule has 0 fully saturated rings. The summed E-state index contributed by atoms with van der Waals surface area (Å²) in [6, 6.07) is 3.53. The highest BCUT2D eigenvalue weighted by Gasteiger charge is 2.13. The van der Waals surface area contributed by atoms with Crippen molar-refractivity contribution in [3.05, 3.63) is 33.3 Å². The smallest absolute Gasteiger partial charge is 0.277 e. The van der Waals surface area contributed by atoms with Crippen LogP contribution in [0.5, 0.6) is 0 Å². The molecular formula is C13H12N6O3S3. The van der Waals surface area contributed by atoms with Gasteiger partial charge < -0.3 is 9.73 Å². The number of thioether (sulfide) groups is 1. The Bertz CT molecular complexity index is 860. The van der Waals surface area contributed by atoms with Crippen LogP contribution in [0.3, 0.4) is 0 Å². The maximum Gasteiger partial charge on any atom is 0.277 e. The van der Waals surface area contributed by atoms with E-state index in [1.54, 1.807) is 19.1 Å². The average Bonchev–Trinajstić information content (AvgIpc) is 3.33. The first kappa shape index (κ1) is 17.5. The molecule has 3 aromatic rings. The third kappa shape index (κ3) is 5.08. The normalized spacial score (nSPS) is 10.6.